The quantitative estimate of drug-likeness (QED) is 0.862. The second-order valence-electron chi connectivity index (χ2n) is 5.61. The summed E-state index contributed by atoms with van der Waals surface area (Å²) in [7, 11) is 3.48. The lowest BCUT2D eigenvalue weighted by molar-refractivity contribution is 0.0827. The predicted octanol–water partition coefficient (Wildman–Crippen LogP) is 0.957. The van der Waals surface area contributed by atoms with Crippen molar-refractivity contribution in [2.24, 2.45) is 11.7 Å². The number of carbonyl (C=O) groups is 1. The van der Waals surface area contributed by atoms with E-state index in [-0.39, 0.29) is 11.9 Å². The average Bonchev–Trinajstić information content (AvgIpc) is 2.37. The van der Waals surface area contributed by atoms with Gasteiger partial charge in [-0.05, 0) is 24.5 Å². The highest BCUT2D eigenvalue weighted by Crippen LogP contribution is 2.20. The van der Waals surface area contributed by atoms with Gasteiger partial charge in [0.05, 0.1) is 5.56 Å². The molecule has 2 heterocycles. The third kappa shape index (κ3) is 3.23. The van der Waals surface area contributed by atoms with Crippen molar-refractivity contribution in [3.05, 3.63) is 23.9 Å². The van der Waals surface area contributed by atoms with Crippen molar-refractivity contribution in [2.75, 3.05) is 32.1 Å². The number of rotatable bonds is 2. The van der Waals surface area contributed by atoms with Gasteiger partial charge in [-0.15, -0.1) is 0 Å². The Morgan fingerprint density at radius 1 is 1.42 bits per heavy atom. The molecule has 0 aromatic carbocycles. The highest BCUT2D eigenvalue weighted by atomic mass is 16.2. The molecule has 0 radical (unpaired) electrons. The summed E-state index contributed by atoms with van der Waals surface area (Å²) >= 11 is 0. The summed E-state index contributed by atoms with van der Waals surface area (Å²) in [5.74, 6) is 1.45. The number of hydrogen-bond donors (Lipinski definition) is 1. The fourth-order valence-electron chi connectivity index (χ4n) is 2.54. The fourth-order valence-corrected chi connectivity index (χ4v) is 2.54. The minimum Gasteiger partial charge on any atom is -0.355 e. The molecule has 1 saturated heterocycles. The number of pyridine rings is 1. The molecule has 1 aromatic heterocycles. The Morgan fingerprint density at radius 3 is 2.68 bits per heavy atom. The van der Waals surface area contributed by atoms with E-state index in [1.807, 2.05) is 12.1 Å². The molecule has 2 N–H and O–H groups in total. The van der Waals surface area contributed by atoms with Gasteiger partial charge >= 0.3 is 0 Å². The highest BCUT2D eigenvalue weighted by molar-refractivity contribution is 5.93. The van der Waals surface area contributed by atoms with Gasteiger partial charge in [0, 0.05) is 39.4 Å². The molecule has 0 aliphatic carbocycles. The van der Waals surface area contributed by atoms with E-state index in [2.05, 4.69) is 16.8 Å². The van der Waals surface area contributed by atoms with E-state index in [0.29, 0.717) is 11.5 Å². The Balaban J connectivity index is 2.12. The van der Waals surface area contributed by atoms with Gasteiger partial charge in [0.1, 0.15) is 5.82 Å². The molecular weight excluding hydrogens is 240 g/mol. The van der Waals surface area contributed by atoms with E-state index >= 15 is 0 Å². The zero-order valence-corrected chi connectivity index (χ0v) is 11.8. The zero-order valence-electron chi connectivity index (χ0n) is 11.8. The number of carbonyl (C=O) groups excluding carboxylic acids is 1. The first kappa shape index (κ1) is 13.8. The van der Waals surface area contributed by atoms with Crippen LogP contribution in [0.15, 0.2) is 18.3 Å². The Kier molecular flexibility index (Phi) is 4.04. The molecule has 1 fully saturated rings. The molecular formula is C14H22N4O. The molecule has 1 aliphatic heterocycles. The summed E-state index contributed by atoms with van der Waals surface area (Å²) in [6.07, 6.45) is 2.70. The summed E-state index contributed by atoms with van der Waals surface area (Å²) in [5.41, 5.74) is 6.65. The maximum absolute atomic E-state index is 11.8. The largest absolute Gasteiger partial charge is 0.355 e. The van der Waals surface area contributed by atoms with E-state index in [1.165, 1.54) is 0 Å². The first-order valence-electron chi connectivity index (χ1n) is 6.65. The smallest absolute Gasteiger partial charge is 0.254 e. The summed E-state index contributed by atoms with van der Waals surface area (Å²) in [4.78, 5) is 19.9. The summed E-state index contributed by atoms with van der Waals surface area (Å²) < 4.78 is 0. The maximum Gasteiger partial charge on any atom is 0.254 e. The molecule has 0 bridgehead atoms. The van der Waals surface area contributed by atoms with E-state index in [9.17, 15) is 4.79 Å². The van der Waals surface area contributed by atoms with Gasteiger partial charge < -0.3 is 15.5 Å². The van der Waals surface area contributed by atoms with Crippen LogP contribution in [0.25, 0.3) is 0 Å². The monoisotopic (exact) mass is 262 g/mol. The number of anilines is 1. The van der Waals surface area contributed by atoms with Gasteiger partial charge in [-0.25, -0.2) is 4.98 Å². The first-order chi connectivity index (χ1) is 8.97. The highest BCUT2D eigenvalue weighted by Gasteiger charge is 2.23. The van der Waals surface area contributed by atoms with Crippen LogP contribution in [0.5, 0.6) is 0 Å². The van der Waals surface area contributed by atoms with Crippen LogP contribution in [-0.4, -0.2) is 49.0 Å². The normalized spacial score (nSPS) is 23.3. The van der Waals surface area contributed by atoms with Crippen LogP contribution in [0.4, 0.5) is 5.82 Å². The third-order valence-electron chi connectivity index (χ3n) is 3.42. The number of aromatic nitrogens is 1. The minimum absolute atomic E-state index is 0.0252. The summed E-state index contributed by atoms with van der Waals surface area (Å²) in [6.45, 7) is 4.01. The molecule has 104 valence electrons. The van der Waals surface area contributed by atoms with Crippen molar-refractivity contribution >= 4 is 11.7 Å². The molecule has 1 amide bonds. The van der Waals surface area contributed by atoms with Gasteiger partial charge in [-0.2, -0.15) is 0 Å². The Bertz CT molecular complexity index is 433. The second-order valence-corrected chi connectivity index (χ2v) is 5.61. The molecule has 5 nitrogen and oxygen atoms in total. The number of nitrogens with zero attached hydrogens (tertiary/aromatic N) is 3. The van der Waals surface area contributed by atoms with E-state index < -0.39 is 0 Å². The molecule has 0 spiro atoms. The molecule has 0 saturated carbocycles. The zero-order chi connectivity index (χ0) is 14.0. The maximum atomic E-state index is 11.8. The predicted molar refractivity (Wildman–Crippen MR) is 76.2 cm³/mol. The van der Waals surface area contributed by atoms with Crippen LogP contribution in [0, 0.1) is 5.92 Å². The van der Waals surface area contributed by atoms with Crippen LogP contribution >= 0.6 is 0 Å². The van der Waals surface area contributed by atoms with Gasteiger partial charge in [0.2, 0.25) is 0 Å². The summed E-state index contributed by atoms with van der Waals surface area (Å²) in [5, 5.41) is 0. The molecule has 5 heteroatoms. The van der Waals surface area contributed by atoms with Crippen LogP contribution in [0.1, 0.15) is 23.7 Å². The fraction of sp³-hybridized carbons (Fsp3) is 0.571. The van der Waals surface area contributed by atoms with Crippen LogP contribution < -0.4 is 10.6 Å². The third-order valence-corrected chi connectivity index (χ3v) is 3.42. The molecule has 2 unspecified atom stereocenters. The van der Waals surface area contributed by atoms with Crippen molar-refractivity contribution < 1.29 is 4.79 Å². The van der Waals surface area contributed by atoms with Crippen molar-refractivity contribution in [3.8, 4) is 0 Å². The van der Waals surface area contributed by atoms with Gasteiger partial charge in [-0.3, -0.25) is 4.79 Å². The van der Waals surface area contributed by atoms with Crippen LogP contribution in [0.2, 0.25) is 0 Å². The topological polar surface area (TPSA) is 62.5 Å². The van der Waals surface area contributed by atoms with Gasteiger partial charge in [0.25, 0.3) is 5.91 Å². The lowest BCUT2D eigenvalue weighted by Crippen LogP contribution is -2.46. The Hall–Kier alpha value is -1.62. The number of hydrogen-bond acceptors (Lipinski definition) is 4. The SMILES string of the molecule is CC1CC(N)CN(c2ccc(C(=O)N(C)C)cn2)C1. The lowest BCUT2D eigenvalue weighted by Gasteiger charge is -2.35. The molecule has 2 rings (SSSR count). The van der Waals surface area contributed by atoms with Crippen molar-refractivity contribution in [3.63, 3.8) is 0 Å². The van der Waals surface area contributed by atoms with Crippen molar-refractivity contribution in [2.45, 2.75) is 19.4 Å². The van der Waals surface area contributed by atoms with E-state index in [4.69, 9.17) is 5.73 Å². The van der Waals surface area contributed by atoms with Crippen LogP contribution in [-0.2, 0) is 0 Å². The second kappa shape index (κ2) is 5.57. The van der Waals surface area contributed by atoms with E-state index in [1.54, 1.807) is 25.2 Å². The van der Waals surface area contributed by atoms with Crippen LogP contribution in [0.3, 0.4) is 0 Å². The standard InChI is InChI=1S/C14H22N4O/c1-10-6-12(15)9-18(8-10)13-5-4-11(7-16-13)14(19)17(2)3/h4-5,7,10,12H,6,8-9,15H2,1-3H3. The van der Waals surface area contributed by atoms with Crippen molar-refractivity contribution in [1.29, 1.82) is 0 Å². The minimum atomic E-state index is -0.0252. The van der Waals surface area contributed by atoms with E-state index in [0.717, 1.165) is 25.3 Å². The Labute approximate surface area is 114 Å². The molecule has 2 atom stereocenters. The number of piperidine rings is 1. The number of nitrogens with two attached hydrogens (primary N) is 1. The molecule has 19 heavy (non-hydrogen) atoms. The van der Waals surface area contributed by atoms with Gasteiger partial charge in [0.15, 0.2) is 0 Å². The van der Waals surface area contributed by atoms with Crippen molar-refractivity contribution in [1.82, 2.24) is 9.88 Å². The van der Waals surface area contributed by atoms with Gasteiger partial charge in [-0.1, -0.05) is 6.92 Å². The average molecular weight is 262 g/mol. The lowest BCUT2D eigenvalue weighted by atomic mass is 9.96. The number of amides is 1. The Morgan fingerprint density at radius 2 is 2.16 bits per heavy atom. The first-order valence-corrected chi connectivity index (χ1v) is 6.65. The molecule has 1 aliphatic rings. The molecule has 1 aromatic rings. The summed E-state index contributed by atoms with van der Waals surface area (Å²) in [6, 6.07) is 3.94.